The summed E-state index contributed by atoms with van der Waals surface area (Å²) in [5.41, 5.74) is 3.95. The third-order valence-corrected chi connectivity index (χ3v) is 5.65. The molecule has 0 aliphatic rings. The molecule has 4 aromatic rings. The fourth-order valence-corrected chi connectivity index (χ4v) is 4.14. The zero-order valence-corrected chi connectivity index (χ0v) is 17.3. The van der Waals surface area contributed by atoms with Crippen LogP contribution in [0.2, 0.25) is 0 Å². The molecule has 6 heteroatoms. The maximum Gasteiger partial charge on any atom is 0.226 e. The fourth-order valence-electron chi connectivity index (χ4n) is 3.27. The normalized spacial score (nSPS) is 12.1. The number of rotatable bonds is 7. The number of hydrogen-bond acceptors (Lipinski definition) is 4. The number of nitrogens with one attached hydrogen (secondary N) is 1. The first kappa shape index (κ1) is 19.2. The minimum absolute atomic E-state index is 0.00243. The first-order valence-electron chi connectivity index (χ1n) is 9.67. The number of carbonyl (C=O) groups is 1. The Balaban J connectivity index is 1.48. The van der Waals surface area contributed by atoms with Gasteiger partial charge in [0.15, 0.2) is 4.96 Å². The molecule has 148 valence electrons. The molecule has 2 aromatic heterocycles. The third kappa shape index (κ3) is 4.32. The van der Waals surface area contributed by atoms with Crippen LogP contribution in [0.5, 0.6) is 5.75 Å². The monoisotopic (exact) mass is 405 g/mol. The van der Waals surface area contributed by atoms with E-state index in [1.807, 2.05) is 84.4 Å². The second-order valence-electron chi connectivity index (χ2n) is 6.84. The predicted octanol–water partition coefficient (Wildman–Crippen LogP) is 4.88. The zero-order valence-electron chi connectivity index (χ0n) is 16.5. The number of hydrogen-bond donors (Lipinski definition) is 1. The van der Waals surface area contributed by atoms with Gasteiger partial charge in [-0.2, -0.15) is 0 Å². The van der Waals surface area contributed by atoms with Crippen LogP contribution in [0, 0.1) is 0 Å². The summed E-state index contributed by atoms with van der Waals surface area (Å²) in [5.74, 6) is 0.847. The number of fused-ring (bicyclic) bond motifs is 1. The van der Waals surface area contributed by atoms with Crippen LogP contribution in [0.25, 0.3) is 16.2 Å². The third-order valence-electron chi connectivity index (χ3n) is 4.76. The number of thiazole rings is 1. The molecule has 0 aliphatic heterocycles. The van der Waals surface area contributed by atoms with Gasteiger partial charge in [0.2, 0.25) is 5.91 Å². The van der Waals surface area contributed by atoms with E-state index in [1.165, 1.54) is 0 Å². The molecule has 0 unspecified atom stereocenters. The smallest absolute Gasteiger partial charge is 0.226 e. The molecule has 0 bridgehead atoms. The van der Waals surface area contributed by atoms with Crippen LogP contribution in [0.4, 0.5) is 0 Å². The second-order valence-corrected chi connectivity index (χ2v) is 7.68. The van der Waals surface area contributed by atoms with Crippen LogP contribution in [0.15, 0.2) is 66.2 Å². The first-order chi connectivity index (χ1) is 14.1. The highest BCUT2D eigenvalue weighted by Crippen LogP contribution is 2.25. The van der Waals surface area contributed by atoms with Crippen LogP contribution < -0.4 is 10.1 Å². The maximum atomic E-state index is 12.6. The van der Waals surface area contributed by atoms with Gasteiger partial charge in [-0.3, -0.25) is 9.20 Å². The lowest BCUT2D eigenvalue weighted by atomic mass is 10.1. The number of imidazole rings is 1. The fraction of sp³-hybridized carbons (Fsp3) is 0.217. The highest BCUT2D eigenvalue weighted by molar-refractivity contribution is 7.15. The van der Waals surface area contributed by atoms with Crippen LogP contribution >= 0.6 is 11.3 Å². The van der Waals surface area contributed by atoms with Gasteiger partial charge in [-0.05, 0) is 43.7 Å². The molecule has 0 fully saturated rings. The van der Waals surface area contributed by atoms with Crippen LogP contribution in [-0.2, 0) is 11.2 Å². The van der Waals surface area contributed by atoms with E-state index in [2.05, 4.69) is 5.32 Å². The van der Waals surface area contributed by atoms with Crippen molar-refractivity contribution in [3.63, 3.8) is 0 Å². The Labute approximate surface area is 174 Å². The van der Waals surface area contributed by atoms with Crippen molar-refractivity contribution in [2.75, 3.05) is 6.61 Å². The van der Waals surface area contributed by atoms with Gasteiger partial charge in [-0.25, -0.2) is 4.98 Å². The molecule has 1 atom stereocenters. The molecule has 2 heterocycles. The maximum absolute atomic E-state index is 12.6. The van der Waals surface area contributed by atoms with Crippen molar-refractivity contribution in [1.29, 1.82) is 0 Å². The van der Waals surface area contributed by atoms with E-state index in [0.717, 1.165) is 33.2 Å². The van der Waals surface area contributed by atoms with E-state index in [4.69, 9.17) is 9.72 Å². The van der Waals surface area contributed by atoms with Crippen LogP contribution in [0.3, 0.4) is 0 Å². The Morgan fingerprint density at radius 1 is 1.17 bits per heavy atom. The first-order valence-corrected chi connectivity index (χ1v) is 10.5. The average molecular weight is 406 g/mol. The minimum atomic E-state index is -0.0278. The molecular formula is C23H23N3O2S. The number of carbonyl (C=O) groups excluding carboxylic acids is 1. The number of benzene rings is 2. The van der Waals surface area contributed by atoms with E-state index >= 15 is 0 Å². The zero-order chi connectivity index (χ0) is 20.2. The number of amides is 1. The van der Waals surface area contributed by atoms with Crippen LogP contribution in [-0.4, -0.2) is 21.9 Å². The molecule has 29 heavy (non-hydrogen) atoms. The van der Waals surface area contributed by atoms with Crippen molar-refractivity contribution in [3.8, 4) is 17.0 Å². The molecule has 1 N–H and O–H groups in total. The Bertz CT molecular complexity index is 1100. The lowest BCUT2D eigenvalue weighted by Gasteiger charge is -2.14. The lowest BCUT2D eigenvalue weighted by molar-refractivity contribution is -0.121. The van der Waals surface area contributed by atoms with Gasteiger partial charge in [-0.1, -0.05) is 30.3 Å². The van der Waals surface area contributed by atoms with Crippen molar-refractivity contribution in [1.82, 2.24) is 14.7 Å². The molecule has 0 saturated carbocycles. The molecule has 4 rings (SSSR count). The van der Waals surface area contributed by atoms with Crippen molar-refractivity contribution < 1.29 is 9.53 Å². The summed E-state index contributed by atoms with van der Waals surface area (Å²) in [4.78, 5) is 18.1. The highest BCUT2D eigenvalue weighted by atomic mass is 32.1. The number of nitrogens with zero attached hydrogens (tertiary/aromatic N) is 2. The molecule has 0 saturated heterocycles. The van der Waals surface area contributed by atoms with Gasteiger partial charge in [0.05, 0.1) is 24.8 Å². The van der Waals surface area contributed by atoms with Crippen LogP contribution in [0.1, 0.15) is 31.1 Å². The van der Waals surface area contributed by atoms with Gasteiger partial charge in [0, 0.05) is 22.8 Å². The number of aromatic nitrogens is 2. The molecule has 1 amide bonds. The summed E-state index contributed by atoms with van der Waals surface area (Å²) in [6.45, 7) is 4.61. The molecule has 0 spiro atoms. The summed E-state index contributed by atoms with van der Waals surface area (Å²) in [6.07, 6.45) is 2.31. The molecule has 0 radical (unpaired) electrons. The summed E-state index contributed by atoms with van der Waals surface area (Å²) >= 11 is 1.55. The lowest BCUT2D eigenvalue weighted by Crippen LogP contribution is -2.28. The summed E-state index contributed by atoms with van der Waals surface area (Å²) < 4.78 is 7.50. The van der Waals surface area contributed by atoms with E-state index in [0.29, 0.717) is 13.0 Å². The standard InChI is InChI=1S/C23H23N3O2S/c1-3-28-20-11-9-18(10-12-20)21-14-26-19(15-29-23(26)25-21)13-22(27)24-16(2)17-7-5-4-6-8-17/h4-12,14-16H,3,13H2,1-2H3,(H,24,27)/t16-/m0/s1. The van der Waals surface area contributed by atoms with Crippen molar-refractivity contribution >= 4 is 22.2 Å². The SMILES string of the molecule is CCOc1ccc(-c2cn3c(CC(=O)N[C@@H](C)c4ccccc4)csc3n2)cc1. The average Bonchev–Trinajstić information content (AvgIpc) is 3.31. The van der Waals surface area contributed by atoms with Gasteiger partial charge in [0.25, 0.3) is 0 Å². The molecule has 0 aliphatic carbocycles. The quantitative estimate of drug-likeness (QED) is 0.477. The topological polar surface area (TPSA) is 55.6 Å². The Morgan fingerprint density at radius 3 is 2.66 bits per heavy atom. The molecule has 5 nitrogen and oxygen atoms in total. The van der Waals surface area contributed by atoms with E-state index in [9.17, 15) is 4.79 Å². The van der Waals surface area contributed by atoms with E-state index in [-0.39, 0.29) is 11.9 Å². The van der Waals surface area contributed by atoms with Gasteiger partial charge >= 0.3 is 0 Å². The van der Waals surface area contributed by atoms with Gasteiger partial charge in [0.1, 0.15) is 5.75 Å². The predicted molar refractivity (Wildman–Crippen MR) is 116 cm³/mol. The van der Waals surface area contributed by atoms with Crippen molar-refractivity contribution in [3.05, 3.63) is 77.4 Å². The second kappa shape index (κ2) is 8.49. The summed E-state index contributed by atoms with van der Waals surface area (Å²) in [5, 5.41) is 5.07. The van der Waals surface area contributed by atoms with Crippen molar-refractivity contribution in [2.45, 2.75) is 26.3 Å². The van der Waals surface area contributed by atoms with E-state index in [1.54, 1.807) is 11.3 Å². The molecular weight excluding hydrogens is 382 g/mol. The minimum Gasteiger partial charge on any atom is -0.494 e. The van der Waals surface area contributed by atoms with Crippen molar-refractivity contribution in [2.24, 2.45) is 0 Å². The van der Waals surface area contributed by atoms with Gasteiger partial charge in [-0.15, -0.1) is 11.3 Å². The Hall–Kier alpha value is -3.12. The Kier molecular flexibility index (Phi) is 5.62. The Morgan fingerprint density at radius 2 is 1.93 bits per heavy atom. The molecule has 2 aromatic carbocycles. The highest BCUT2D eigenvalue weighted by Gasteiger charge is 2.14. The van der Waals surface area contributed by atoms with Gasteiger partial charge < -0.3 is 10.1 Å². The summed E-state index contributed by atoms with van der Waals surface area (Å²) in [6, 6.07) is 17.9. The number of ether oxygens (including phenoxy) is 1. The summed E-state index contributed by atoms with van der Waals surface area (Å²) in [7, 11) is 0. The van der Waals surface area contributed by atoms with E-state index < -0.39 is 0 Å². The largest absolute Gasteiger partial charge is 0.494 e.